The molecule has 1 rings (SSSR count). The number of aliphatic hydroxyl groups excluding tert-OH is 4. The second-order valence-electron chi connectivity index (χ2n) is 3.51. The van der Waals surface area contributed by atoms with Gasteiger partial charge in [0, 0.05) is 0 Å². The van der Waals surface area contributed by atoms with Gasteiger partial charge in [0.15, 0.2) is 6.29 Å². The molecule has 0 amide bonds. The highest BCUT2D eigenvalue weighted by Gasteiger charge is 2.43. The minimum Gasteiger partial charge on any atom is -0.394 e. The molecule has 0 bridgehead atoms. The minimum atomic E-state index is -1.42. The molecule has 16 heavy (non-hydrogen) atoms. The molecule has 1 heterocycles. The first-order valence-electron chi connectivity index (χ1n) is 4.75. The Kier molecular flexibility index (Phi) is 5.82. The average Bonchev–Trinajstić information content (AvgIpc) is 2.25. The zero-order valence-electron chi connectivity index (χ0n) is 8.38. The van der Waals surface area contributed by atoms with E-state index >= 15 is 0 Å². The Bertz CT molecular complexity index is 215. The maximum atomic E-state index is 9.54. The third kappa shape index (κ3) is 3.47. The lowest BCUT2D eigenvalue weighted by Crippen LogP contribution is -2.59. The first-order valence-corrected chi connectivity index (χ1v) is 5.79. The third-order valence-electron chi connectivity index (χ3n) is 2.26. The maximum Gasteiger partial charge on any atom is 0.186 e. The van der Waals surface area contributed by atoms with Crippen molar-refractivity contribution in [1.29, 1.82) is 0 Å². The van der Waals surface area contributed by atoms with Crippen LogP contribution < -0.4 is 0 Å². The van der Waals surface area contributed by atoms with Crippen LogP contribution in [0.2, 0.25) is 0 Å². The van der Waals surface area contributed by atoms with E-state index in [2.05, 4.69) is 25.3 Å². The molecule has 1 aliphatic rings. The lowest BCUT2D eigenvalue weighted by atomic mass is 9.99. The highest BCUT2D eigenvalue weighted by molar-refractivity contribution is 7.99. The number of hydrogen-bond acceptors (Lipinski definition) is 8. The molecule has 96 valence electrons. The van der Waals surface area contributed by atoms with Crippen LogP contribution in [0.25, 0.3) is 0 Å². The Morgan fingerprint density at radius 1 is 1.12 bits per heavy atom. The largest absolute Gasteiger partial charge is 0.394 e. The second-order valence-corrected chi connectivity index (χ2v) is 5.17. The van der Waals surface area contributed by atoms with Gasteiger partial charge in [0.1, 0.15) is 24.4 Å². The predicted molar refractivity (Wildman–Crippen MR) is 61.5 cm³/mol. The fourth-order valence-electron chi connectivity index (χ4n) is 1.39. The van der Waals surface area contributed by atoms with Crippen molar-refractivity contribution in [2.75, 3.05) is 13.2 Å². The summed E-state index contributed by atoms with van der Waals surface area (Å²) in [6.45, 7) is -0.384. The van der Waals surface area contributed by atoms with E-state index in [4.69, 9.17) is 14.6 Å². The summed E-state index contributed by atoms with van der Waals surface area (Å²) in [5, 5.41) is 37.3. The Morgan fingerprint density at radius 2 is 1.75 bits per heavy atom. The second kappa shape index (κ2) is 6.41. The summed E-state index contributed by atoms with van der Waals surface area (Å²) < 4.78 is 9.83. The molecule has 0 unspecified atom stereocenters. The predicted octanol–water partition coefficient (Wildman–Crippen LogP) is -2.01. The van der Waals surface area contributed by atoms with E-state index in [0.717, 1.165) is 0 Å². The van der Waals surface area contributed by atoms with Gasteiger partial charge < -0.3 is 29.9 Å². The quantitative estimate of drug-likeness (QED) is 0.261. The summed E-state index contributed by atoms with van der Waals surface area (Å²) in [4.78, 5) is 0. The van der Waals surface area contributed by atoms with Crippen LogP contribution in [0.4, 0.5) is 0 Å². The van der Waals surface area contributed by atoms with Gasteiger partial charge in [-0.1, -0.05) is 0 Å². The summed E-state index contributed by atoms with van der Waals surface area (Å²) in [5.41, 5.74) is 0. The van der Waals surface area contributed by atoms with Gasteiger partial charge in [-0.2, -0.15) is 25.3 Å². The molecule has 0 aliphatic carbocycles. The van der Waals surface area contributed by atoms with E-state index in [-0.39, 0.29) is 11.2 Å². The van der Waals surface area contributed by atoms with Crippen molar-refractivity contribution >= 4 is 25.3 Å². The molecule has 1 aliphatic heterocycles. The van der Waals surface area contributed by atoms with Crippen LogP contribution in [-0.4, -0.2) is 68.9 Å². The van der Waals surface area contributed by atoms with Crippen molar-refractivity contribution in [1.82, 2.24) is 0 Å². The molecule has 0 aromatic rings. The van der Waals surface area contributed by atoms with Crippen molar-refractivity contribution in [3.8, 4) is 0 Å². The summed E-state index contributed by atoms with van der Waals surface area (Å²) >= 11 is 7.91. The highest BCUT2D eigenvalue weighted by atomic mass is 32.2. The lowest BCUT2D eigenvalue weighted by Gasteiger charge is -2.39. The van der Waals surface area contributed by atoms with E-state index in [9.17, 15) is 15.3 Å². The van der Waals surface area contributed by atoms with Gasteiger partial charge in [-0.05, 0) is 0 Å². The van der Waals surface area contributed by atoms with Gasteiger partial charge in [-0.25, -0.2) is 0 Å². The molecule has 0 radical (unpaired) electrons. The maximum absolute atomic E-state index is 9.54. The summed E-state index contributed by atoms with van der Waals surface area (Å²) in [6.07, 6.45) is -6.24. The molecule has 0 aromatic carbocycles. The van der Waals surface area contributed by atoms with E-state index in [1.165, 1.54) is 0 Å². The van der Waals surface area contributed by atoms with Crippen LogP contribution in [0.5, 0.6) is 0 Å². The number of rotatable bonds is 4. The number of hydrogen-bond donors (Lipinski definition) is 6. The van der Waals surface area contributed by atoms with Crippen molar-refractivity contribution in [3.05, 3.63) is 0 Å². The molecule has 6 nitrogen and oxygen atoms in total. The van der Waals surface area contributed by atoms with Gasteiger partial charge in [-0.15, -0.1) is 0 Å². The Balaban J connectivity index is 2.56. The third-order valence-corrected chi connectivity index (χ3v) is 2.56. The first-order chi connectivity index (χ1) is 7.47. The molecule has 0 saturated carbocycles. The lowest BCUT2D eigenvalue weighted by molar-refractivity contribution is -0.300. The molecular formula is C8H16O6S2. The highest BCUT2D eigenvalue weighted by Crippen LogP contribution is 2.22. The van der Waals surface area contributed by atoms with E-state index in [0.29, 0.717) is 0 Å². The van der Waals surface area contributed by atoms with E-state index in [1.807, 2.05) is 0 Å². The standard InChI is InChI=1S/C8H16O6S2/c9-1-3-5(10)6(11)7(12)8(14-3)13-2-4(15)16/h3-12,15-16H,1-2H2/t3-,5-,6-,7-,8+/m1/s1. The molecule has 1 fully saturated rings. The first kappa shape index (κ1) is 14.5. The molecule has 8 heteroatoms. The number of thiol groups is 2. The average molecular weight is 272 g/mol. The zero-order chi connectivity index (χ0) is 12.3. The molecule has 5 atom stereocenters. The number of aliphatic hydroxyl groups is 4. The van der Waals surface area contributed by atoms with Crippen molar-refractivity contribution in [3.63, 3.8) is 0 Å². The Labute approximate surface area is 104 Å². The van der Waals surface area contributed by atoms with Crippen LogP contribution in [0.3, 0.4) is 0 Å². The zero-order valence-corrected chi connectivity index (χ0v) is 10.2. The molecule has 0 aromatic heterocycles. The van der Waals surface area contributed by atoms with Crippen molar-refractivity contribution < 1.29 is 29.9 Å². The van der Waals surface area contributed by atoms with Gasteiger partial charge in [-0.3, -0.25) is 0 Å². The van der Waals surface area contributed by atoms with E-state index < -0.39 is 37.3 Å². The van der Waals surface area contributed by atoms with Gasteiger partial charge in [0.05, 0.1) is 17.8 Å². The van der Waals surface area contributed by atoms with Crippen LogP contribution >= 0.6 is 25.3 Å². The Morgan fingerprint density at radius 3 is 2.25 bits per heavy atom. The number of ether oxygens (including phenoxy) is 2. The van der Waals surface area contributed by atoms with Gasteiger partial charge in [0.2, 0.25) is 0 Å². The monoisotopic (exact) mass is 272 g/mol. The topological polar surface area (TPSA) is 99.4 Å². The fourth-order valence-corrected chi connectivity index (χ4v) is 1.56. The van der Waals surface area contributed by atoms with Crippen molar-refractivity contribution in [2.24, 2.45) is 0 Å². The fraction of sp³-hybridized carbons (Fsp3) is 1.00. The Hall–Kier alpha value is 0.460. The van der Waals surface area contributed by atoms with Crippen LogP contribution in [-0.2, 0) is 9.47 Å². The summed E-state index contributed by atoms with van der Waals surface area (Å²) in [6, 6.07) is 0. The van der Waals surface area contributed by atoms with Crippen LogP contribution in [0.1, 0.15) is 0 Å². The SMILES string of the molecule is OC[C@H]1O[C@H](OCC(S)S)[C@H](O)[C@H](O)[C@@H]1O. The summed E-state index contributed by atoms with van der Waals surface area (Å²) in [7, 11) is 0. The van der Waals surface area contributed by atoms with Crippen LogP contribution in [0, 0.1) is 0 Å². The molecule has 0 spiro atoms. The minimum absolute atomic E-state index is 0.0922. The van der Waals surface area contributed by atoms with Gasteiger partial charge >= 0.3 is 0 Å². The smallest absolute Gasteiger partial charge is 0.186 e. The molecule has 4 N–H and O–H groups in total. The molecular weight excluding hydrogens is 256 g/mol. The molecule has 1 saturated heterocycles. The van der Waals surface area contributed by atoms with E-state index in [1.54, 1.807) is 0 Å². The summed E-state index contributed by atoms with van der Waals surface area (Å²) in [5.74, 6) is 0. The normalized spacial score (nSPS) is 40.3. The van der Waals surface area contributed by atoms with Gasteiger partial charge in [0.25, 0.3) is 0 Å². The van der Waals surface area contributed by atoms with Crippen molar-refractivity contribution in [2.45, 2.75) is 35.3 Å². The van der Waals surface area contributed by atoms with Crippen LogP contribution in [0.15, 0.2) is 0 Å².